The molecule has 1 aromatic heterocycles. The fourth-order valence-electron chi connectivity index (χ4n) is 4.69. The van der Waals surface area contributed by atoms with Crippen LogP contribution in [0.4, 0.5) is 0 Å². The van der Waals surface area contributed by atoms with Gasteiger partial charge < -0.3 is 14.9 Å². The zero-order chi connectivity index (χ0) is 25.3. The van der Waals surface area contributed by atoms with Gasteiger partial charge in [-0.25, -0.2) is 4.98 Å². The number of aliphatic hydroxyl groups is 2. The Kier molecular flexibility index (Phi) is 7.22. The molecule has 1 aliphatic heterocycles. The van der Waals surface area contributed by atoms with Gasteiger partial charge in [0.2, 0.25) is 0 Å². The van der Waals surface area contributed by atoms with Gasteiger partial charge in [-0.2, -0.15) is 0 Å². The standard InChI is InChI=1S/C28H34N2O5/c1-17-18(2)26-22(27(34)30(16-29-26)23-9-10-35-14-25(23)33)12-21(17)11-19-5-7-20(8-6-19)24(32)13-28(3,4)15-31/h5-8,12,16,23,25,31,33H,9-11,13-15H2,1-4H3/t23-,25-/m0/s1. The third-order valence-corrected chi connectivity index (χ3v) is 7.13. The van der Waals surface area contributed by atoms with E-state index in [0.717, 1.165) is 22.3 Å². The molecule has 4 rings (SSSR count). The van der Waals surface area contributed by atoms with Gasteiger partial charge in [-0.15, -0.1) is 0 Å². The summed E-state index contributed by atoms with van der Waals surface area (Å²) in [6.45, 7) is 8.43. The molecule has 0 spiro atoms. The summed E-state index contributed by atoms with van der Waals surface area (Å²) in [6.07, 6.45) is 2.27. The van der Waals surface area contributed by atoms with E-state index in [1.807, 2.05) is 58.0 Å². The number of carbonyl (C=O) groups is 1. The van der Waals surface area contributed by atoms with Crippen molar-refractivity contribution < 1.29 is 19.7 Å². The quantitative estimate of drug-likeness (QED) is 0.504. The molecule has 3 aromatic rings. The first kappa shape index (κ1) is 25.2. The van der Waals surface area contributed by atoms with Crippen molar-refractivity contribution >= 4 is 16.7 Å². The van der Waals surface area contributed by atoms with Gasteiger partial charge in [-0.3, -0.25) is 14.2 Å². The Bertz CT molecular complexity index is 1290. The van der Waals surface area contributed by atoms with Gasteiger partial charge in [-0.05, 0) is 60.4 Å². The minimum Gasteiger partial charge on any atom is -0.396 e. The van der Waals surface area contributed by atoms with Crippen molar-refractivity contribution in [2.45, 2.75) is 59.1 Å². The SMILES string of the molecule is Cc1c(Cc2ccc(C(=O)CC(C)(C)CO)cc2)cc2c(=O)n([C@H]3CCOC[C@@H]3O)cnc2c1C. The molecule has 1 saturated heterocycles. The number of rotatable bonds is 7. The minimum absolute atomic E-state index is 0.00950. The van der Waals surface area contributed by atoms with Crippen LogP contribution in [0, 0.1) is 19.3 Å². The van der Waals surface area contributed by atoms with Gasteiger partial charge >= 0.3 is 0 Å². The van der Waals surface area contributed by atoms with Crippen LogP contribution in [-0.2, 0) is 11.2 Å². The van der Waals surface area contributed by atoms with Crippen LogP contribution < -0.4 is 5.56 Å². The molecule has 2 N–H and O–H groups in total. The summed E-state index contributed by atoms with van der Waals surface area (Å²) in [4.78, 5) is 30.6. The lowest BCUT2D eigenvalue weighted by Crippen LogP contribution is -2.39. The van der Waals surface area contributed by atoms with Crippen LogP contribution in [0.5, 0.6) is 0 Å². The molecule has 2 heterocycles. The Balaban J connectivity index is 1.64. The number of fused-ring (bicyclic) bond motifs is 1. The molecule has 0 amide bonds. The predicted octanol–water partition coefficient (Wildman–Crippen LogP) is 3.52. The highest BCUT2D eigenvalue weighted by molar-refractivity contribution is 5.96. The second kappa shape index (κ2) is 10.0. The highest BCUT2D eigenvalue weighted by Crippen LogP contribution is 2.27. The lowest BCUT2D eigenvalue weighted by Gasteiger charge is -2.29. The van der Waals surface area contributed by atoms with Crippen molar-refractivity contribution in [2.24, 2.45) is 5.41 Å². The molecule has 7 nitrogen and oxygen atoms in total. The lowest BCUT2D eigenvalue weighted by molar-refractivity contribution is -0.0395. The highest BCUT2D eigenvalue weighted by Gasteiger charge is 2.27. The number of Topliss-reactive ketones (excluding diaryl/α,β-unsaturated/α-hetero) is 1. The number of ketones is 1. The van der Waals surface area contributed by atoms with E-state index in [2.05, 4.69) is 4.98 Å². The maximum atomic E-state index is 13.4. The van der Waals surface area contributed by atoms with Crippen LogP contribution in [0.15, 0.2) is 41.5 Å². The minimum atomic E-state index is -0.740. The molecule has 1 aliphatic rings. The number of aryl methyl sites for hydroxylation is 1. The van der Waals surface area contributed by atoms with Crippen molar-refractivity contribution in [3.63, 3.8) is 0 Å². The Labute approximate surface area is 205 Å². The number of nitrogens with zero attached hydrogens (tertiary/aromatic N) is 2. The van der Waals surface area contributed by atoms with E-state index < -0.39 is 11.5 Å². The van der Waals surface area contributed by atoms with E-state index in [4.69, 9.17) is 4.74 Å². The molecule has 0 aliphatic carbocycles. The van der Waals surface area contributed by atoms with Gasteiger partial charge in [0.05, 0.1) is 36.0 Å². The second-order valence-corrected chi connectivity index (χ2v) is 10.4. The molecule has 2 aromatic carbocycles. The first-order valence-electron chi connectivity index (χ1n) is 12.1. The number of carbonyl (C=O) groups excluding carboxylic acids is 1. The van der Waals surface area contributed by atoms with E-state index in [9.17, 15) is 19.8 Å². The zero-order valence-corrected chi connectivity index (χ0v) is 20.9. The fourth-order valence-corrected chi connectivity index (χ4v) is 4.69. The van der Waals surface area contributed by atoms with E-state index in [1.165, 1.54) is 0 Å². The third-order valence-electron chi connectivity index (χ3n) is 7.13. The summed E-state index contributed by atoms with van der Waals surface area (Å²) in [6, 6.07) is 9.11. The van der Waals surface area contributed by atoms with Crippen LogP contribution in [0.25, 0.3) is 10.9 Å². The molecule has 0 saturated carbocycles. The summed E-state index contributed by atoms with van der Waals surface area (Å²) in [5, 5.41) is 20.3. The summed E-state index contributed by atoms with van der Waals surface area (Å²) < 4.78 is 6.86. The first-order valence-corrected chi connectivity index (χ1v) is 12.1. The number of aliphatic hydroxyl groups excluding tert-OH is 2. The van der Waals surface area contributed by atoms with Crippen molar-refractivity contribution in [3.8, 4) is 0 Å². The molecule has 0 radical (unpaired) electrons. The molecule has 186 valence electrons. The Hall–Kier alpha value is -2.87. The van der Waals surface area contributed by atoms with Crippen molar-refractivity contribution in [1.29, 1.82) is 0 Å². The van der Waals surface area contributed by atoms with E-state index >= 15 is 0 Å². The smallest absolute Gasteiger partial charge is 0.261 e. The number of benzene rings is 2. The topological polar surface area (TPSA) is 102 Å². The van der Waals surface area contributed by atoms with Gasteiger partial charge in [0, 0.05) is 25.2 Å². The summed E-state index contributed by atoms with van der Waals surface area (Å²) in [5.41, 5.74) is 4.82. The van der Waals surface area contributed by atoms with E-state index in [-0.39, 0.29) is 37.0 Å². The monoisotopic (exact) mass is 478 g/mol. The third kappa shape index (κ3) is 5.22. The van der Waals surface area contributed by atoms with E-state index in [1.54, 1.807) is 10.9 Å². The van der Waals surface area contributed by atoms with Crippen molar-refractivity contribution in [2.75, 3.05) is 19.8 Å². The zero-order valence-electron chi connectivity index (χ0n) is 20.9. The van der Waals surface area contributed by atoms with Crippen molar-refractivity contribution in [1.82, 2.24) is 9.55 Å². The number of aromatic nitrogens is 2. The molecule has 2 atom stereocenters. The van der Waals surface area contributed by atoms with Crippen molar-refractivity contribution in [3.05, 3.63) is 74.8 Å². The average Bonchev–Trinajstić information content (AvgIpc) is 2.84. The molecule has 0 unspecified atom stereocenters. The molecule has 7 heteroatoms. The Morgan fingerprint density at radius 3 is 2.57 bits per heavy atom. The Morgan fingerprint density at radius 1 is 1.20 bits per heavy atom. The second-order valence-electron chi connectivity index (χ2n) is 10.4. The van der Waals surface area contributed by atoms with Crippen LogP contribution in [0.2, 0.25) is 0 Å². The van der Waals surface area contributed by atoms with Crippen LogP contribution in [0.1, 0.15) is 65.3 Å². The Morgan fingerprint density at radius 2 is 1.91 bits per heavy atom. The highest BCUT2D eigenvalue weighted by atomic mass is 16.5. The fraction of sp³-hybridized carbons (Fsp3) is 0.464. The number of hydrogen-bond acceptors (Lipinski definition) is 6. The molecule has 35 heavy (non-hydrogen) atoms. The normalized spacial score (nSPS) is 18.7. The largest absolute Gasteiger partial charge is 0.396 e. The molecule has 1 fully saturated rings. The number of ether oxygens (including phenoxy) is 1. The van der Waals surface area contributed by atoms with Gasteiger partial charge in [0.1, 0.15) is 0 Å². The van der Waals surface area contributed by atoms with Crippen LogP contribution >= 0.6 is 0 Å². The lowest BCUT2D eigenvalue weighted by atomic mass is 9.86. The molecular weight excluding hydrogens is 444 g/mol. The summed E-state index contributed by atoms with van der Waals surface area (Å²) >= 11 is 0. The average molecular weight is 479 g/mol. The maximum absolute atomic E-state index is 13.4. The molecular formula is C28H34N2O5. The maximum Gasteiger partial charge on any atom is 0.261 e. The number of hydrogen-bond donors (Lipinski definition) is 2. The van der Waals surface area contributed by atoms with E-state index in [0.29, 0.717) is 35.9 Å². The van der Waals surface area contributed by atoms with Crippen LogP contribution in [0.3, 0.4) is 0 Å². The van der Waals surface area contributed by atoms with Crippen LogP contribution in [-0.4, -0.2) is 51.5 Å². The van der Waals surface area contributed by atoms with Gasteiger partial charge in [0.15, 0.2) is 5.78 Å². The summed E-state index contributed by atoms with van der Waals surface area (Å²) in [7, 11) is 0. The van der Waals surface area contributed by atoms with Gasteiger partial charge in [0.25, 0.3) is 5.56 Å². The summed E-state index contributed by atoms with van der Waals surface area (Å²) in [5.74, 6) is 0.00950. The predicted molar refractivity (Wildman–Crippen MR) is 135 cm³/mol. The van der Waals surface area contributed by atoms with Gasteiger partial charge in [-0.1, -0.05) is 38.1 Å². The first-order chi connectivity index (χ1) is 16.6. The molecule has 0 bridgehead atoms.